The van der Waals surface area contributed by atoms with Crippen molar-refractivity contribution in [1.29, 1.82) is 0 Å². The number of hydrogen-bond donors (Lipinski definition) is 0. The van der Waals surface area contributed by atoms with Crippen LogP contribution in [0.15, 0.2) is 53.0 Å². The molecule has 0 radical (unpaired) electrons. The lowest BCUT2D eigenvalue weighted by Crippen LogP contribution is -2.02. The molecule has 17 heavy (non-hydrogen) atoms. The lowest BCUT2D eigenvalue weighted by molar-refractivity contribution is 0.226. The first-order valence-electron chi connectivity index (χ1n) is 5.33. The molecule has 0 fully saturated rings. The standard InChI is InChI=1S/C14H12BrFO/c1-10(11-5-3-2-4-6-11)17-14-8-12(15)7-13(16)9-14/h2-10H,1H3. The molecule has 2 aromatic carbocycles. The summed E-state index contributed by atoms with van der Waals surface area (Å²) >= 11 is 3.24. The molecule has 0 aliphatic rings. The molecule has 0 aliphatic heterocycles. The second-order valence-corrected chi connectivity index (χ2v) is 4.69. The van der Waals surface area contributed by atoms with Crippen LogP contribution in [-0.4, -0.2) is 0 Å². The molecule has 0 spiro atoms. The van der Waals surface area contributed by atoms with Gasteiger partial charge in [0.05, 0.1) is 0 Å². The van der Waals surface area contributed by atoms with Gasteiger partial charge in [-0.05, 0) is 24.6 Å². The number of ether oxygens (including phenoxy) is 1. The van der Waals surface area contributed by atoms with E-state index >= 15 is 0 Å². The summed E-state index contributed by atoms with van der Waals surface area (Å²) in [5.74, 6) is 0.211. The number of rotatable bonds is 3. The van der Waals surface area contributed by atoms with Crippen molar-refractivity contribution in [3.63, 3.8) is 0 Å². The second-order valence-electron chi connectivity index (χ2n) is 3.78. The molecule has 2 aromatic rings. The van der Waals surface area contributed by atoms with Gasteiger partial charge in [0.1, 0.15) is 17.7 Å². The maximum absolute atomic E-state index is 13.2. The number of hydrogen-bond acceptors (Lipinski definition) is 1. The quantitative estimate of drug-likeness (QED) is 0.795. The average Bonchev–Trinajstić information content (AvgIpc) is 2.28. The Morgan fingerprint density at radius 2 is 1.82 bits per heavy atom. The first-order valence-corrected chi connectivity index (χ1v) is 6.12. The normalized spacial score (nSPS) is 12.2. The molecule has 2 rings (SSSR count). The predicted molar refractivity (Wildman–Crippen MR) is 69.6 cm³/mol. The van der Waals surface area contributed by atoms with E-state index in [1.165, 1.54) is 12.1 Å². The molecule has 3 heteroatoms. The molecule has 1 unspecified atom stereocenters. The van der Waals surface area contributed by atoms with Gasteiger partial charge in [-0.2, -0.15) is 0 Å². The van der Waals surface area contributed by atoms with Crippen molar-refractivity contribution in [1.82, 2.24) is 0 Å². The SMILES string of the molecule is CC(Oc1cc(F)cc(Br)c1)c1ccccc1. The van der Waals surface area contributed by atoms with Gasteiger partial charge in [-0.25, -0.2) is 4.39 Å². The summed E-state index contributed by atoms with van der Waals surface area (Å²) in [6, 6.07) is 14.4. The van der Waals surface area contributed by atoms with Crippen molar-refractivity contribution in [2.75, 3.05) is 0 Å². The molecule has 0 bridgehead atoms. The summed E-state index contributed by atoms with van der Waals surface area (Å²) in [7, 11) is 0. The Balaban J connectivity index is 2.16. The van der Waals surface area contributed by atoms with E-state index in [4.69, 9.17) is 4.74 Å². The summed E-state index contributed by atoms with van der Waals surface area (Å²) in [6.45, 7) is 1.94. The molecule has 0 heterocycles. The fourth-order valence-electron chi connectivity index (χ4n) is 1.59. The molecular formula is C14H12BrFO. The average molecular weight is 295 g/mol. The van der Waals surface area contributed by atoms with Crippen LogP contribution in [0.2, 0.25) is 0 Å². The maximum Gasteiger partial charge on any atom is 0.128 e. The van der Waals surface area contributed by atoms with Crippen LogP contribution >= 0.6 is 15.9 Å². The molecule has 0 N–H and O–H groups in total. The van der Waals surface area contributed by atoms with E-state index in [9.17, 15) is 4.39 Å². The van der Waals surface area contributed by atoms with Gasteiger partial charge >= 0.3 is 0 Å². The zero-order valence-electron chi connectivity index (χ0n) is 9.36. The molecule has 0 aromatic heterocycles. The third-order valence-corrected chi connectivity index (χ3v) is 2.88. The lowest BCUT2D eigenvalue weighted by atomic mass is 10.1. The van der Waals surface area contributed by atoms with Crippen LogP contribution in [0, 0.1) is 5.82 Å². The van der Waals surface area contributed by atoms with Crippen LogP contribution in [0.25, 0.3) is 0 Å². The van der Waals surface area contributed by atoms with Crippen molar-refractivity contribution >= 4 is 15.9 Å². The lowest BCUT2D eigenvalue weighted by Gasteiger charge is -2.15. The second kappa shape index (κ2) is 5.32. The van der Waals surface area contributed by atoms with Gasteiger partial charge in [0.15, 0.2) is 0 Å². The first kappa shape index (κ1) is 12.1. The van der Waals surface area contributed by atoms with Crippen LogP contribution in [-0.2, 0) is 0 Å². The zero-order valence-corrected chi connectivity index (χ0v) is 10.9. The largest absolute Gasteiger partial charge is 0.486 e. The van der Waals surface area contributed by atoms with Crippen LogP contribution in [0.3, 0.4) is 0 Å². The van der Waals surface area contributed by atoms with Crippen LogP contribution in [0.4, 0.5) is 4.39 Å². The summed E-state index contributed by atoms with van der Waals surface area (Å²) in [5.41, 5.74) is 1.06. The van der Waals surface area contributed by atoms with Crippen LogP contribution in [0.5, 0.6) is 5.75 Å². The van der Waals surface area contributed by atoms with E-state index in [1.807, 2.05) is 37.3 Å². The molecule has 88 valence electrons. The first-order chi connectivity index (χ1) is 8.15. The van der Waals surface area contributed by atoms with Gasteiger partial charge in [0.25, 0.3) is 0 Å². The maximum atomic E-state index is 13.2. The minimum absolute atomic E-state index is 0.107. The number of benzene rings is 2. The molecule has 1 atom stereocenters. The fraction of sp³-hybridized carbons (Fsp3) is 0.143. The van der Waals surface area contributed by atoms with Gasteiger partial charge in [0, 0.05) is 10.5 Å². The topological polar surface area (TPSA) is 9.23 Å². The van der Waals surface area contributed by atoms with E-state index in [0.29, 0.717) is 10.2 Å². The highest BCUT2D eigenvalue weighted by molar-refractivity contribution is 9.10. The molecule has 0 saturated heterocycles. The Hall–Kier alpha value is -1.35. The molecule has 0 aliphatic carbocycles. The van der Waals surface area contributed by atoms with Gasteiger partial charge in [-0.1, -0.05) is 46.3 Å². The van der Waals surface area contributed by atoms with Gasteiger partial charge in [-0.3, -0.25) is 0 Å². The van der Waals surface area contributed by atoms with Crippen molar-refractivity contribution < 1.29 is 9.13 Å². The minimum Gasteiger partial charge on any atom is -0.486 e. The monoisotopic (exact) mass is 294 g/mol. The number of halogens is 2. The summed E-state index contributed by atoms with van der Waals surface area (Å²) < 4.78 is 19.5. The van der Waals surface area contributed by atoms with E-state index in [1.54, 1.807) is 6.07 Å². The van der Waals surface area contributed by atoms with E-state index in [-0.39, 0.29) is 11.9 Å². The Labute approximate surface area is 108 Å². The Kier molecular flexibility index (Phi) is 3.79. The molecule has 1 nitrogen and oxygen atoms in total. The Morgan fingerprint density at radius 1 is 1.12 bits per heavy atom. The van der Waals surface area contributed by atoms with E-state index in [0.717, 1.165) is 5.56 Å². The third kappa shape index (κ3) is 3.30. The van der Waals surface area contributed by atoms with E-state index in [2.05, 4.69) is 15.9 Å². The Bertz CT molecular complexity index is 479. The summed E-state index contributed by atoms with van der Waals surface area (Å²) in [5, 5.41) is 0. The fourth-order valence-corrected chi connectivity index (χ4v) is 2.04. The predicted octanol–water partition coefficient (Wildman–Crippen LogP) is 4.73. The van der Waals surface area contributed by atoms with Crippen molar-refractivity contribution in [3.8, 4) is 5.75 Å². The highest BCUT2D eigenvalue weighted by Crippen LogP contribution is 2.25. The van der Waals surface area contributed by atoms with Crippen molar-refractivity contribution in [3.05, 3.63) is 64.4 Å². The summed E-state index contributed by atoms with van der Waals surface area (Å²) in [4.78, 5) is 0. The highest BCUT2D eigenvalue weighted by atomic mass is 79.9. The van der Waals surface area contributed by atoms with Crippen LogP contribution in [0.1, 0.15) is 18.6 Å². The molecule has 0 amide bonds. The van der Waals surface area contributed by atoms with Gasteiger partial charge < -0.3 is 4.74 Å². The molecule has 0 saturated carbocycles. The molecular weight excluding hydrogens is 283 g/mol. The Morgan fingerprint density at radius 3 is 2.47 bits per heavy atom. The van der Waals surface area contributed by atoms with Crippen molar-refractivity contribution in [2.45, 2.75) is 13.0 Å². The van der Waals surface area contributed by atoms with Gasteiger partial charge in [0.2, 0.25) is 0 Å². The minimum atomic E-state index is -0.311. The van der Waals surface area contributed by atoms with E-state index < -0.39 is 0 Å². The zero-order chi connectivity index (χ0) is 12.3. The summed E-state index contributed by atoms with van der Waals surface area (Å²) in [6.07, 6.45) is -0.107. The highest BCUT2D eigenvalue weighted by Gasteiger charge is 2.07. The van der Waals surface area contributed by atoms with Crippen molar-refractivity contribution in [2.24, 2.45) is 0 Å². The third-order valence-electron chi connectivity index (χ3n) is 2.42. The van der Waals surface area contributed by atoms with Gasteiger partial charge in [-0.15, -0.1) is 0 Å². The smallest absolute Gasteiger partial charge is 0.128 e. The van der Waals surface area contributed by atoms with Crippen LogP contribution < -0.4 is 4.74 Å².